The zero-order valence-corrected chi connectivity index (χ0v) is 19.6. The number of nitrogens with one attached hydrogen (secondary N) is 2. The Morgan fingerprint density at radius 1 is 0.900 bits per heavy atom. The number of hydrogen-bond donors (Lipinski definition) is 2. The van der Waals surface area contributed by atoms with Gasteiger partial charge in [-0.1, -0.05) is 34.1 Å². The van der Waals surface area contributed by atoms with Gasteiger partial charge in [-0.15, -0.1) is 0 Å². The predicted octanol–water partition coefficient (Wildman–Crippen LogP) is 6.10. The highest BCUT2D eigenvalue weighted by Crippen LogP contribution is 2.32. The van der Waals surface area contributed by atoms with Gasteiger partial charge in [0, 0.05) is 21.4 Å². The molecule has 3 rings (SSSR count). The molecule has 154 valence electrons. The van der Waals surface area contributed by atoms with Crippen LogP contribution in [0.4, 0.5) is 11.4 Å². The minimum atomic E-state index is -0.273. The molecule has 2 N–H and O–H groups in total. The molecular formula is C23H20Br2N2O3. The first-order chi connectivity index (χ1) is 14.3. The fourth-order valence-corrected chi connectivity index (χ4v) is 4.43. The number of anilines is 2. The summed E-state index contributed by atoms with van der Waals surface area (Å²) in [6.07, 6.45) is 0. The SMILES string of the molecule is Cc1cc(NC(=O)COc2c(C)cc(Br)cc2Br)ccc1NC(=O)c1ccccc1. The summed E-state index contributed by atoms with van der Waals surface area (Å²) in [7, 11) is 0. The van der Waals surface area contributed by atoms with Crippen LogP contribution in [0.2, 0.25) is 0 Å². The van der Waals surface area contributed by atoms with Gasteiger partial charge >= 0.3 is 0 Å². The molecule has 2 amide bonds. The lowest BCUT2D eigenvalue weighted by molar-refractivity contribution is -0.118. The van der Waals surface area contributed by atoms with Crippen molar-refractivity contribution in [2.45, 2.75) is 13.8 Å². The standard InChI is InChI=1S/C23H20Br2N2O3/c1-14-11-18(8-9-20(14)27-23(29)16-6-4-3-5-7-16)26-21(28)13-30-22-15(2)10-17(24)12-19(22)25/h3-12H,13H2,1-2H3,(H,26,28)(H,27,29). The maximum atomic E-state index is 12.3. The minimum absolute atomic E-state index is 0.118. The third kappa shape index (κ3) is 5.70. The highest BCUT2D eigenvalue weighted by molar-refractivity contribution is 9.11. The van der Waals surface area contributed by atoms with Crippen LogP contribution < -0.4 is 15.4 Å². The molecule has 3 aromatic rings. The molecule has 0 unspecified atom stereocenters. The Hall–Kier alpha value is -2.64. The molecule has 3 aromatic carbocycles. The highest BCUT2D eigenvalue weighted by Gasteiger charge is 2.11. The summed E-state index contributed by atoms with van der Waals surface area (Å²) in [5.41, 5.74) is 3.65. The molecule has 0 heterocycles. The first-order valence-electron chi connectivity index (χ1n) is 9.19. The molecule has 0 atom stereocenters. The van der Waals surface area contributed by atoms with Crippen LogP contribution in [0.25, 0.3) is 0 Å². The van der Waals surface area contributed by atoms with Crippen LogP contribution in [0.15, 0.2) is 69.6 Å². The average Bonchev–Trinajstić information content (AvgIpc) is 2.70. The van der Waals surface area contributed by atoms with Crippen LogP contribution in [0, 0.1) is 13.8 Å². The molecule has 0 aliphatic heterocycles. The van der Waals surface area contributed by atoms with E-state index >= 15 is 0 Å². The van der Waals surface area contributed by atoms with Crippen LogP contribution in [-0.4, -0.2) is 18.4 Å². The fourth-order valence-electron chi connectivity index (χ4n) is 2.87. The van der Waals surface area contributed by atoms with Crippen molar-refractivity contribution in [1.29, 1.82) is 0 Å². The summed E-state index contributed by atoms with van der Waals surface area (Å²) in [5.74, 6) is 0.174. The van der Waals surface area contributed by atoms with Gasteiger partial charge in [-0.2, -0.15) is 0 Å². The van der Waals surface area contributed by atoms with Crippen molar-refractivity contribution in [3.05, 3.63) is 86.3 Å². The van der Waals surface area contributed by atoms with Crippen molar-refractivity contribution in [2.24, 2.45) is 0 Å². The van der Waals surface area contributed by atoms with Gasteiger partial charge in [0.2, 0.25) is 0 Å². The molecule has 30 heavy (non-hydrogen) atoms. The first kappa shape index (κ1) is 22.1. The van der Waals surface area contributed by atoms with E-state index in [0.717, 1.165) is 20.1 Å². The van der Waals surface area contributed by atoms with Gasteiger partial charge in [0.25, 0.3) is 11.8 Å². The second-order valence-electron chi connectivity index (χ2n) is 6.72. The number of carbonyl (C=O) groups is 2. The molecule has 0 fully saturated rings. The Balaban J connectivity index is 1.60. The predicted molar refractivity (Wildman–Crippen MR) is 126 cm³/mol. The topological polar surface area (TPSA) is 67.4 Å². The summed E-state index contributed by atoms with van der Waals surface area (Å²) in [5, 5.41) is 5.70. The second kappa shape index (κ2) is 9.91. The van der Waals surface area contributed by atoms with E-state index in [4.69, 9.17) is 4.74 Å². The number of benzene rings is 3. The smallest absolute Gasteiger partial charge is 0.262 e. The number of hydrogen-bond acceptors (Lipinski definition) is 3. The number of ether oxygens (including phenoxy) is 1. The largest absolute Gasteiger partial charge is 0.482 e. The van der Waals surface area contributed by atoms with E-state index in [1.807, 2.05) is 44.2 Å². The molecule has 0 aliphatic carbocycles. The van der Waals surface area contributed by atoms with Crippen molar-refractivity contribution in [1.82, 2.24) is 0 Å². The number of halogens is 2. The average molecular weight is 532 g/mol. The third-order valence-corrected chi connectivity index (χ3v) is 5.38. The summed E-state index contributed by atoms with van der Waals surface area (Å²) >= 11 is 6.87. The van der Waals surface area contributed by atoms with Crippen LogP contribution in [0.5, 0.6) is 5.75 Å². The van der Waals surface area contributed by atoms with Gasteiger partial charge in [0.1, 0.15) is 5.75 Å². The Labute approximate surface area is 192 Å². The van der Waals surface area contributed by atoms with E-state index in [1.54, 1.807) is 30.3 Å². The summed E-state index contributed by atoms with van der Waals surface area (Å²) in [6.45, 7) is 3.66. The van der Waals surface area contributed by atoms with Crippen molar-refractivity contribution < 1.29 is 14.3 Å². The van der Waals surface area contributed by atoms with E-state index in [-0.39, 0.29) is 18.4 Å². The lowest BCUT2D eigenvalue weighted by atomic mass is 10.1. The van der Waals surface area contributed by atoms with Gasteiger partial charge in [-0.3, -0.25) is 9.59 Å². The van der Waals surface area contributed by atoms with E-state index in [2.05, 4.69) is 42.5 Å². The molecule has 7 heteroatoms. The quantitative estimate of drug-likeness (QED) is 0.404. The van der Waals surface area contributed by atoms with Crippen LogP contribution in [-0.2, 0) is 4.79 Å². The molecule has 0 spiro atoms. The van der Waals surface area contributed by atoms with Crippen LogP contribution in [0.3, 0.4) is 0 Å². The van der Waals surface area contributed by atoms with E-state index < -0.39 is 0 Å². The molecule has 0 saturated carbocycles. The van der Waals surface area contributed by atoms with Gasteiger partial charge in [-0.25, -0.2) is 0 Å². The van der Waals surface area contributed by atoms with Gasteiger partial charge in [0.15, 0.2) is 6.61 Å². The molecule has 0 aromatic heterocycles. The van der Waals surface area contributed by atoms with Gasteiger partial charge in [0.05, 0.1) is 4.47 Å². The maximum Gasteiger partial charge on any atom is 0.262 e. The molecule has 0 aliphatic rings. The molecule has 0 bridgehead atoms. The lowest BCUT2D eigenvalue weighted by Gasteiger charge is -2.13. The number of rotatable bonds is 6. The number of aryl methyl sites for hydroxylation is 2. The maximum absolute atomic E-state index is 12.3. The minimum Gasteiger partial charge on any atom is -0.482 e. The van der Waals surface area contributed by atoms with E-state index in [0.29, 0.717) is 22.7 Å². The van der Waals surface area contributed by atoms with E-state index in [9.17, 15) is 9.59 Å². The summed E-state index contributed by atoms with van der Waals surface area (Å²) in [4.78, 5) is 24.6. The van der Waals surface area contributed by atoms with Crippen molar-refractivity contribution in [3.63, 3.8) is 0 Å². The Bertz CT molecular complexity index is 1060. The van der Waals surface area contributed by atoms with Gasteiger partial charge < -0.3 is 15.4 Å². The van der Waals surface area contributed by atoms with Gasteiger partial charge in [-0.05, 0) is 83.4 Å². The Kier molecular flexibility index (Phi) is 7.29. The number of amides is 2. The Morgan fingerprint density at radius 3 is 2.30 bits per heavy atom. The zero-order valence-electron chi connectivity index (χ0n) is 16.5. The summed E-state index contributed by atoms with van der Waals surface area (Å²) in [6, 6.07) is 18.1. The Morgan fingerprint density at radius 2 is 1.63 bits per heavy atom. The monoisotopic (exact) mass is 530 g/mol. The highest BCUT2D eigenvalue weighted by atomic mass is 79.9. The van der Waals surface area contributed by atoms with Crippen molar-refractivity contribution >= 4 is 55.0 Å². The van der Waals surface area contributed by atoms with E-state index in [1.165, 1.54) is 0 Å². The lowest BCUT2D eigenvalue weighted by Crippen LogP contribution is -2.20. The van der Waals surface area contributed by atoms with Crippen molar-refractivity contribution in [3.8, 4) is 5.75 Å². The molecule has 0 radical (unpaired) electrons. The first-order valence-corrected chi connectivity index (χ1v) is 10.8. The van der Waals surface area contributed by atoms with Crippen LogP contribution in [0.1, 0.15) is 21.5 Å². The zero-order chi connectivity index (χ0) is 21.7. The summed E-state index contributed by atoms with van der Waals surface area (Å²) < 4.78 is 7.38. The fraction of sp³-hybridized carbons (Fsp3) is 0.130. The molecule has 0 saturated heterocycles. The number of carbonyl (C=O) groups excluding carboxylic acids is 2. The van der Waals surface area contributed by atoms with Crippen molar-refractivity contribution in [2.75, 3.05) is 17.2 Å². The molecule has 5 nitrogen and oxygen atoms in total. The third-order valence-electron chi connectivity index (χ3n) is 4.34. The normalized spacial score (nSPS) is 10.4. The molecular weight excluding hydrogens is 512 g/mol. The second-order valence-corrected chi connectivity index (χ2v) is 8.49. The van der Waals surface area contributed by atoms with Crippen LogP contribution >= 0.6 is 31.9 Å².